The Bertz CT molecular complexity index is 296. The van der Waals surface area contributed by atoms with E-state index < -0.39 is 0 Å². The molecule has 0 aromatic carbocycles. The van der Waals surface area contributed by atoms with E-state index in [4.69, 9.17) is 0 Å². The average molecular weight is 168 g/mol. The van der Waals surface area contributed by atoms with Gasteiger partial charge in [-0.2, -0.15) is 5.10 Å². The number of aromatic nitrogens is 3. The Morgan fingerprint density at radius 1 is 1.42 bits per heavy atom. The van der Waals surface area contributed by atoms with Crippen LogP contribution in [0.1, 0.15) is 31.1 Å². The molecular formula is C7H12N4O. The van der Waals surface area contributed by atoms with Crippen molar-refractivity contribution in [3.8, 4) is 0 Å². The highest BCUT2D eigenvalue weighted by Gasteiger charge is 2.17. The summed E-state index contributed by atoms with van der Waals surface area (Å²) in [6, 6.07) is 0.234. The van der Waals surface area contributed by atoms with Gasteiger partial charge in [0.25, 0.3) is 0 Å². The quantitative estimate of drug-likeness (QED) is 0.548. The number of aromatic amines is 2. The second-order valence-corrected chi connectivity index (χ2v) is 3.07. The Labute approximate surface area is 69.6 Å². The van der Waals surface area contributed by atoms with E-state index in [0.29, 0.717) is 0 Å². The number of rotatable bonds is 1. The van der Waals surface area contributed by atoms with E-state index in [0.717, 1.165) is 18.8 Å². The van der Waals surface area contributed by atoms with Crippen LogP contribution in [-0.4, -0.2) is 21.7 Å². The van der Waals surface area contributed by atoms with Crippen molar-refractivity contribution in [3.05, 3.63) is 16.3 Å². The molecule has 1 aromatic heterocycles. The van der Waals surface area contributed by atoms with E-state index >= 15 is 0 Å². The second kappa shape index (κ2) is 3.10. The van der Waals surface area contributed by atoms with Gasteiger partial charge < -0.3 is 5.32 Å². The van der Waals surface area contributed by atoms with Crippen molar-refractivity contribution in [1.82, 2.24) is 20.5 Å². The summed E-state index contributed by atoms with van der Waals surface area (Å²) in [5.41, 5.74) is -0.225. The van der Waals surface area contributed by atoms with Gasteiger partial charge in [-0.05, 0) is 19.4 Å². The van der Waals surface area contributed by atoms with Gasteiger partial charge in [0.1, 0.15) is 5.82 Å². The van der Waals surface area contributed by atoms with E-state index in [1.165, 1.54) is 12.8 Å². The van der Waals surface area contributed by atoms with Gasteiger partial charge in [0, 0.05) is 0 Å². The first-order valence-electron chi connectivity index (χ1n) is 4.24. The van der Waals surface area contributed by atoms with Crippen molar-refractivity contribution in [2.45, 2.75) is 25.3 Å². The second-order valence-electron chi connectivity index (χ2n) is 3.07. The van der Waals surface area contributed by atoms with E-state index in [-0.39, 0.29) is 11.7 Å². The predicted molar refractivity (Wildman–Crippen MR) is 43.8 cm³/mol. The van der Waals surface area contributed by atoms with Crippen LogP contribution in [0, 0.1) is 0 Å². The standard InChI is InChI=1S/C7H12N4O/c12-7-9-6(10-11-7)5-3-1-2-4-8-5/h5,8H,1-4H2,(H2,9,10,11,12)/t5-/m1/s1. The Hall–Kier alpha value is -1.10. The van der Waals surface area contributed by atoms with E-state index in [1.54, 1.807) is 0 Å². The molecule has 0 saturated carbocycles. The maximum absolute atomic E-state index is 10.7. The molecule has 1 aliphatic rings. The van der Waals surface area contributed by atoms with Gasteiger partial charge in [0.15, 0.2) is 0 Å². The number of hydrogen-bond donors (Lipinski definition) is 3. The summed E-state index contributed by atoms with van der Waals surface area (Å²) in [6.07, 6.45) is 3.47. The molecule has 5 nitrogen and oxygen atoms in total. The van der Waals surface area contributed by atoms with Gasteiger partial charge in [0.05, 0.1) is 6.04 Å². The first-order valence-corrected chi connectivity index (χ1v) is 4.24. The van der Waals surface area contributed by atoms with Crippen molar-refractivity contribution < 1.29 is 0 Å². The van der Waals surface area contributed by atoms with Crippen molar-refractivity contribution in [2.75, 3.05) is 6.54 Å². The monoisotopic (exact) mass is 168 g/mol. The highest BCUT2D eigenvalue weighted by atomic mass is 16.1. The molecule has 1 atom stereocenters. The number of nitrogens with one attached hydrogen (secondary N) is 3. The minimum atomic E-state index is -0.225. The lowest BCUT2D eigenvalue weighted by molar-refractivity contribution is 0.398. The minimum absolute atomic E-state index is 0.225. The molecule has 66 valence electrons. The van der Waals surface area contributed by atoms with Crippen LogP contribution in [0.15, 0.2) is 4.79 Å². The SMILES string of the molecule is O=c1[nH]nc([C@H]2CCCCN2)[nH]1. The van der Waals surface area contributed by atoms with E-state index in [1.807, 2.05) is 0 Å². The summed E-state index contributed by atoms with van der Waals surface area (Å²) in [7, 11) is 0. The smallest absolute Gasteiger partial charge is 0.307 e. The largest absolute Gasteiger partial charge is 0.340 e. The average Bonchev–Trinajstić information content (AvgIpc) is 2.54. The Morgan fingerprint density at radius 2 is 2.33 bits per heavy atom. The van der Waals surface area contributed by atoms with Gasteiger partial charge in [-0.15, -0.1) is 0 Å². The van der Waals surface area contributed by atoms with Gasteiger partial charge in [-0.25, -0.2) is 9.89 Å². The van der Waals surface area contributed by atoms with E-state index in [2.05, 4.69) is 20.5 Å². The summed E-state index contributed by atoms with van der Waals surface area (Å²) in [4.78, 5) is 13.4. The molecule has 0 spiro atoms. The molecule has 1 aliphatic heterocycles. The van der Waals surface area contributed by atoms with Gasteiger partial charge in [0.2, 0.25) is 0 Å². The molecule has 0 amide bonds. The van der Waals surface area contributed by atoms with Crippen molar-refractivity contribution >= 4 is 0 Å². The number of piperidine rings is 1. The highest BCUT2D eigenvalue weighted by Crippen LogP contribution is 2.17. The molecule has 2 heterocycles. The molecular weight excluding hydrogens is 156 g/mol. The molecule has 1 fully saturated rings. The number of nitrogens with zero attached hydrogens (tertiary/aromatic N) is 1. The number of hydrogen-bond acceptors (Lipinski definition) is 3. The first-order chi connectivity index (χ1) is 5.86. The first kappa shape index (κ1) is 7.54. The molecule has 0 radical (unpaired) electrons. The number of H-pyrrole nitrogens is 2. The van der Waals surface area contributed by atoms with Gasteiger partial charge >= 0.3 is 5.69 Å². The highest BCUT2D eigenvalue weighted by molar-refractivity contribution is 4.92. The molecule has 0 aliphatic carbocycles. The van der Waals surface area contributed by atoms with Crippen molar-refractivity contribution in [1.29, 1.82) is 0 Å². The maximum atomic E-state index is 10.7. The maximum Gasteiger partial charge on any atom is 0.340 e. The van der Waals surface area contributed by atoms with Crippen LogP contribution in [0.5, 0.6) is 0 Å². The summed E-state index contributed by atoms with van der Waals surface area (Å²) in [5, 5.41) is 9.54. The minimum Gasteiger partial charge on any atom is -0.307 e. The van der Waals surface area contributed by atoms with E-state index in [9.17, 15) is 4.79 Å². The van der Waals surface area contributed by atoms with Crippen LogP contribution in [0.2, 0.25) is 0 Å². The zero-order valence-electron chi connectivity index (χ0n) is 6.76. The summed E-state index contributed by atoms with van der Waals surface area (Å²) in [5.74, 6) is 0.736. The fraction of sp³-hybridized carbons (Fsp3) is 0.714. The Morgan fingerprint density at radius 3 is 2.92 bits per heavy atom. The van der Waals surface area contributed by atoms with Crippen LogP contribution in [0.3, 0.4) is 0 Å². The molecule has 1 aromatic rings. The topological polar surface area (TPSA) is 73.6 Å². The fourth-order valence-corrected chi connectivity index (χ4v) is 1.53. The fourth-order valence-electron chi connectivity index (χ4n) is 1.53. The van der Waals surface area contributed by atoms with Gasteiger partial charge in [-0.3, -0.25) is 4.98 Å². The third-order valence-corrected chi connectivity index (χ3v) is 2.16. The van der Waals surface area contributed by atoms with Crippen LogP contribution in [-0.2, 0) is 0 Å². The molecule has 1 saturated heterocycles. The zero-order valence-corrected chi connectivity index (χ0v) is 6.76. The van der Waals surface area contributed by atoms with Crippen LogP contribution >= 0.6 is 0 Å². The Balaban J connectivity index is 2.13. The molecule has 0 bridgehead atoms. The molecule has 2 rings (SSSR count). The third-order valence-electron chi connectivity index (χ3n) is 2.16. The predicted octanol–water partition coefficient (Wildman–Crippen LogP) is -0.0874. The summed E-state index contributed by atoms with van der Waals surface area (Å²) in [6.45, 7) is 1.01. The molecule has 3 N–H and O–H groups in total. The Kier molecular flexibility index (Phi) is 1.95. The molecule has 5 heteroatoms. The summed E-state index contributed by atoms with van der Waals surface area (Å²) < 4.78 is 0. The summed E-state index contributed by atoms with van der Waals surface area (Å²) >= 11 is 0. The van der Waals surface area contributed by atoms with Crippen LogP contribution in [0.25, 0.3) is 0 Å². The lowest BCUT2D eigenvalue weighted by atomic mass is 10.0. The molecule has 12 heavy (non-hydrogen) atoms. The van der Waals surface area contributed by atoms with Crippen molar-refractivity contribution in [3.63, 3.8) is 0 Å². The van der Waals surface area contributed by atoms with Gasteiger partial charge in [-0.1, -0.05) is 6.42 Å². The van der Waals surface area contributed by atoms with Crippen LogP contribution < -0.4 is 11.0 Å². The van der Waals surface area contributed by atoms with Crippen molar-refractivity contribution in [2.24, 2.45) is 0 Å². The molecule has 0 unspecified atom stereocenters. The normalized spacial score (nSPS) is 24.2. The van der Waals surface area contributed by atoms with Crippen LogP contribution in [0.4, 0.5) is 0 Å². The third kappa shape index (κ3) is 1.40. The lowest BCUT2D eigenvalue weighted by Gasteiger charge is -2.20. The lowest BCUT2D eigenvalue weighted by Crippen LogP contribution is -2.27. The zero-order chi connectivity index (χ0) is 8.39.